The van der Waals surface area contributed by atoms with E-state index in [-0.39, 0.29) is 0 Å². The van der Waals surface area contributed by atoms with Gasteiger partial charge in [0.25, 0.3) is 0 Å². The van der Waals surface area contributed by atoms with E-state index in [1.165, 1.54) is 17.7 Å². The summed E-state index contributed by atoms with van der Waals surface area (Å²) in [5, 5.41) is 4.50. The molecule has 2 rings (SSSR count). The van der Waals surface area contributed by atoms with Crippen LogP contribution in [0.5, 0.6) is 0 Å². The van der Waals surface area contributed by atoms with Gasteiger partial charge in [-0.2, -0.15) is 0 Å². The zero-order valence-corrected chi connectivity index (χ0v) is 10.8. The molecule has 15 heavy (non-hydrogen) atoms. The molecule has 0 radical (unpaired) electrons. The zero-order chi connectivity index (χ0) is 10.9. The fraction of sp³-hybridized carbons (Fsp3) is 0.727. The van der Waals surface area contributed by atoms with Gasteiger partial charge < -0.3 is 5.32 Å². The Morgan fingerprint density at radius 2 is 2.20 bits per heavy atom. The van der Waals surface area contributed by atoms with E-state index in [9.17, 15) is 0 Å². The molecule has 0 saturated heterocycles. The average Bonchev–Trinajstić information content (AvgIpc) is 2.88. The maximum Gasteiger partial charge on any atom is 0.183 e. The molecule has 1 aliphatic carbocycles. The minimum Gasteiger partial charge on any atom is -0.361 e. The molecule has 1 aliphatic rings. The van der Waals surface area contributed by atoms with Crippen molar-refractivity contribution in [1.29, 1.82) is 0 Å². The van der Waals surface area contributed by atoms with Crippen molar-refractivity contribution in [3.63, 3.8) is 0 Å². The highest BCUT2D eigenvalue weighted by atomic mass is 35.5. The van der Waals surface area contributed by atoms with Gasteiger partial charge in [0.2, 0.25) is 0 Å². The molecule has 0 aromatic carbocycles. The van der Waals surface area contributed by atoms with Crippen LogP contribution >= 0.6 is 22.9 Å². The van der Waals surface area contributed by atoms with E-state index >= 15 is 0 Å². The standard InChI is InChI=1S/C11H17ClN2S/c1-8-9(2)15-10(14-8)13-7-11(3-4-11)5-6-12/h3-7H2,1-2H3,(H,13,14). The Morgan fingerprint density at radius 1 is 1.47 bits per heavy atom. The smallest absolute Gasteiger partial charge is 0.183 e. The lowest BCUT2D eigenvalue weighted by molar-refractivity contribution is 0.524. The molecule has 4 heteroatoms. The molecule has 0 atom stereocenters. The molecule has 1 aromatic rings. The van der Waals surface area contributed by atoms with Crippen molar-refractivity contribution in [2.75, 3.05) is 17.7 Å². The number of halogens is 1. The monoisotopic (exact) mass is 244 g/mol. The summed E-state index contributed by atoms with van der Waals surface area (Å²) in [5.74, 6) is 0.775. The second-order valence-electron chi connectivity index (χ2n) is 4.45. The molecule has 1 N–H and O–H groups in total. The Balaban J connectivity index is 1.88. The van der Waals surface area contributed by atoms with Crippen LogP contribution in [0.2, 0.25) is 0 Å². The van der Waals surface area contributed by atoms with Crippen LogP contribution in [0.15, 0.2) is 0 Å². The summed E-state index contributed by atoms with van der Waals surface area (Å²) >= 11 is 7.54. The van der Waals surface area contributed by atoms with Gasteiger partial charge in [-0.1, -0.05) is 0 Å². The third-order valence-corrected chi connectivity index (χ3v) is 4.44. The number of alkyl halides is 1. The van der Waals surface area contributed by atoms with E-state index in [1.807, 2.05) is 0 Å². The number of nitrogens with zero attached hydrogens (tertiary/aromatic N) is 1. The Bertz CT molecular complexity index is 325. The Labute approximate surface area is 100 Å². The maximum atomic E-state index is 5.80. The van der Waals surface area contributed by atoms with E-state index in [2.05, 4.69) is 24.1 Å². The summed E-state index contributed by atoms with van der Waals surface area (Å²) in [6, 6.07) is 0. The molecule has 1 fully saturated rings. The van der Waals surface area contributed by atoms with Gasteiger partial charge in [0, 0.05) is 17.3 Å². The topological polar surface area (TPSA) is 24.9 Å². The molecule has 0 amide bonds. The second-order valence-corrected chi connectivity index (χ2v) is 6.03. The van der Waals surface area contributed by atoms with Crippen LogP contribution in [0.4, 0.5) is 5.13 Å². The van der Waals surface area contributed by atoms with E-state index in [0.29, 0.717) is 5.41 Å². The molecule has 0 spiro atoms. The summed E-state index contributed by atoms with van der Waals surface area (Å²) < 4.78 is 0. The maximum absolute atomic E-state index is 5.80. The van der Waals surface area contributed by atoms with Crippen LogP contribution in [0.1, 0.15) is 29.8 Å². The van der Waals surface area contributed by atoms with Crippen molar-refractivity contribution in [3.8, 4) is 0 Å². The fourth-order valence-corrected chi connectivity index (χ4v) is 2.92. The van der Waals surface area contributed by atoms with Crippen molar-refractivity contribution in [1.82, 2.24) is 4.98 Å². The first kappa shape index (κ1) is 11.2. The summed E-state index contributed by atoms with van der Waals surface area (Å²) in [6.07, 6.45) is 3.76. The lowest BCUT2D eigenvalue weighted by atomic mass is 10.0. The van der Waals surface area contributed by atoms with E-state index in [4.69, 9.17) is 11.6 Å². The summed E-state index contributed by atoms with van der Waals surface area (Å²) in [6.45, 7) is 5.21. The number of rotatable bonds is 5. The highest BCUT2D eigenvalue weighted by Gasteiger charge is 2.41. The highest BCUT2D eigenvalue weighted by Crippen LogP contribution is 2.49. The largest absolute Gasteiger partial charge is 0.361 e. The second kappa shape index (κ2) is 4.30. The lowest BCUT2D eigenvalue weighted by Crippen LogP contribution is -2.15. The van der Waals surface area contributed by atoms with Gasteiger partial charge in [-0.05, 0) is 38.5 Å². The van der Waals surface area contributed by atoms with Crippen molar-refractivity contribution in [3.05, 3.63) is 10.6 Å². The summed E-state index contributed by atoms with van der Waals surface area (Å²) in [7, 11) is 0. The van der Waals surface area contributed by atoms with Crippen LogP contribution in [0.3, 0.4) is 0 Å². The summed E-state index contributed by atoms with van der Waals surface area (Å²) in [4.78, 5) is 5.78. The molecular weight excluding hydrogens is 228 g/mol. The number of aryl methyl sites for hydroxylation is 2. The molecule has 1 saturated carbocycles. The van der Waals surface area contributed by atoms with Crippen molar-refractivity contribution < 1.29 is 0 Å². The van der Waals surface area contributed by atoms with Crippen LogP contribution in [-0.2, 0) is 0 Å². The number of aromatic nitrogens is 1. The normalized spacial score (nSPS) is 17.8. The Kier molecular flexibility index (Phi) is 3.21. The van der Waals surface area contributed by atoms with Gasteiger partial charge in [-0.15, -0.1) is 22.9 Å². The Morgan fingerprint density at radius 3 is 2.67 bits per heavy atom. The minimum absolute atomic E-state index is 0.481. The van der Waals surface area contributed by atoms with Crippen molar-refractivity contribution >= 4 is 28.1 Å². The number of hydrogen-bond donors (Lipinski definition) is 1. The number of anilines is 1. The van der Waals surface area contributed by atoms with Crippen LogP contribution in [0, 0.1) is 19.3 Å². The predicted octanol–water partition coefficient (Wildman–Crippen LogP) is 3.58. The van der Waals surface area contributed by atoms with E-state index in [1.54, 1.807) is 11.3 Å². The van der Waals surface area contributed by atoms with Gasteiger partial charge in [0.05, 0.1) is 5.69 Å². The zero-order valence-electron chi connectivity index (χ0n) is 9.27. The molecule has 1 heterocycles. The molecule has 0 aliphatic heterocycles. The first-order valence-electron chi connectivity index (χ1n) is 5.39. The summed E-state index contributed by atoms with van der Waals surface area (Å²) in [5.41, 5.74) is 1.62. The van der Waals surface area contributed by atoms with Gasteiger partial charge in [0.1, 0.15) is 0 Å². The Hall–Kier alpha value is -0.280. The molecule has 0 unspecified atom stereocenters. The predicted molar refractivity (Wildman–Crippen MR) is 67.1 cm³/mol. The molecule has 2 nitrogen and oxygen atoms in total. The first-order chi connectivity index (χ1) is 7.15. The lowest BCUT2D eigenvalue weighted by Gasteiger charge is -2.13. The first-order valence-corrected chi connectivity index (χ1v) is 6.74. The quantitative estimate of drug-likeness (QED) is 0.801. The third-order valence-electron chi connectivity index (χ3n) is 3.23. The molecule has 84 valence electrons. The van der Waals surface area contributed by atoms with Gasteiger partial charge in [0.15, 0.2) is 5.13 Å². The number of nitrogens with one attached hydrogen (secondary N) is 1. The molecule has 0 bridgehead atoms. The van der Waals surface area contributed by atoms with Gasteiger partial charge in [-0.25, -0.2) is 4.98 Å². The number of thiazole rings is 1. The van der Waals surface area contributed by atoms with Gasteiger partial charge >= 0.3 is 0 Å². The van der Waals surface area contributed by atoms with E-state index in [0.717, 1.165) is 29.7 Å². The highest BCUT2D eigenvalue weighted by molar-refractivity contribution is 7.15. The van der Waals surface area contributed by atoms with Gasteiger partial charge in [-0.3, -0.25) is 0 Å². The third kappa shape index (κ3) is 2.64. The van der Waals surface area contributed by atoms with Crippen LogP contribution in [0.25, 0.3) is 0 Å². The van der Waals surface area contributed by atoms with Crippen LogP contribution < -0.4 is 5.32 Å². The van der Waals surface area contributed by atoms with Crippen LogP contribution in [-0.4, -0.2) is 17.4 Å². The molecular formula is C11H17ClN2S. The van der Waals surface area contributed by atoms with Crippen molar-refractivity contribution in [2.24, 2.45) is 5.41 Å². The van der Waals surface area contributed by atoms with E-state index < -0.39 is 0 Å². The average molecular weight is 245 g/mol. The minimum atomic E-state index is 0.481. The SMILES string of the molecule is Cc1nc(NCC2(CCCl)CC2)sc1C. The van der Waals surface area contributed by atoms with Crippen molar-refractivity contribution in [2.45, 2.75) is 33.1 Å². The fourth-order valence-electron chi connectivity index (χ4n) is 1.70. The number of hydrogen-bond acceptors (Lipinski definition) is 3. The molecule has 1 aromatic heterocycles.